The van der Waals surface area contributed by atoms with Gasteiger partial charge in [0.2, 0.25) is 5.89 Å². The van der Waals surface area contributed by atoms with Crippen molar-refractivity contribution in [2.75, 3.05) is 0 Å². The topological polar surface area (TPSA) is 56.7 Å². The van der Waals surface area contributed by atoms with Crippen molar-refractivity contribution in [3.05, 3.63) is 29.4 Å². The minimum absolute atomic E-state index is 0.625. The van der Waals surface area contributed by atoms with Gasteiger partial charge in [-0.2, -0.15) is 4.98 Å². The van der Waals surface area contributed by atoms with E-state index in [1.54, 1.807) is 6.33 Å². The van der Waals surface area contributed by atoms with E-state index in [0.717, 1.165) is 24.2 Å². The van der Waals surface area contributed by atoms with Crippen LogP contribution in [0.25, 0.3) is 0 Å². The van der Waals surface area contributed by atoms with Crippen molar-refractivity contribution in [1.29, 1.82) is 0 Å². The molecule has 0 saturated carbocycles. The monoisotopic (exact) mass is 220 g/mol. The summed E-state index contributed by atoms with van der Waals surface area (Å²) in [7, 11) is 0. The second kappa shape index (κ2) is 4.47. The number of aromatic nitrogens is 4. The molecule has 0 atom stereocenters. The smallest absolute Gasteiger partial charge is 0.226 e. The molecule has 2 aromatic heterocycles. The normalized spacial score (nSPS) is 10.9. The molecule has 0 aliphatic heterocycles. The van der Waals surface area contributed by atoms with E-state index in [9.17, 15) is 0 Å². The lowest BCUT2D eigenvalue weighted by atomic mass is 10.3. The fourth-order valence-electron chi connectivity index (χ4n) is 1.53. The third kappa shape index (κ3) is 2.13. The van der Waals surface area contributed by atoms with Gasteiger partial charge in [-0.25, -0.2) is 4.98 Å². The Labute approximate surface area is 94.5 Å². The molecular weight excluding hydrogens is 204 g/mol. The largest absolute Gasteiger partial charge is 0.339 e. The number of rotatable bonds is 4. The number of hydrogen-bond acceptors (Lipinski definition) is 4. The van der Waals surface area contributed by atoms with Gasteiger partial charge >= 0.3 is 0 Å². The van der Waals surface area contributed by atoms with Gasteiger partial charge in [0.25, 0.3) is 0 Å². The van der Waals surface area contributed by atoms with Crippen LogP contribution < -0.4 is 0 Å². The molecular formula is C11H16N4O. The minimum atomic E-state index is 0.625. The highest BCUT2D eigenvalue weighted by Gasteiger charge is 2.08. The molecule has 2 heterocycles. The maximum absolute atomic E-state index is 5.13. The van der Waals surface area contributed by atoms with Crippen LogP contribution >= 0.6 is 0 Å². The highest BCUT2D eigenvalue weighted by Crippen LogP contribution is 2.07. The molecule has 0 spiro atoms. The zero-order valence-corrected chi connectivity index (χ0v) is 9.90. The molecule has 0 bridgehead atoms. The molecule has 0 aliphatic carbocycles. The molecule has 86 valence electrons. The predicted molar refractivity (Wildman–Crippen MR) is 59.1 cm³/mol. The number of nitrogens with zero attached hydrogens (tertiary/aromatic N) is 4. The number of aryl methyl sites for hydroxylation is 2. The van der Waals surface area contributed by atoms with Crippen LogP contribution in [0, 0.1) is 13.8 Å². The third-order valence-corrected chi connectivity index (χ3v) is 2.63. The molecule has 0 fully saturated rings. The molecule has 0 saturated heterocycles. The van der Waals surface area contributed by atoms with Gasteiger partial charge < -0.3 is 9.09 Å². The van der Waals surface area contributed by atoms with Crippen molar-refractivity contribution in [2.24, 2.45) is 0 Å². The summed E-state index contributed by atoms with van der Waals surface area (Å²) in [6.45, 7) is 6.74. The first-order valence-electron chi connectivity index (χ1n) is 5.50. The van der Waals surface area contributed by atoms with E-state index in [-0.39, 0.29) is 0 Å². The zero-order chi connectivity index (χ0) is 11.5. The minimum Gasteiger partial charge on any atom is -0.339 e. The van der Waals surface area contributed by atoms with Gasteiger partial charge in [-0.3, -0.25) is 0 Å². The van der Waals surface area contributed by atoms with Crippen molar-refractivity contribution < 1.29 is 4.52 Å². The highest BCUT2D eigenvalue weighted by atomic mass is 16.5. The van der Waals surface area contributed by atoms with Gasteiger partial charge in [-0.15, -0.1) is 0 Å². The van der Waals surface area contributed by atoms with Crippen LogP contribution in [-0.2, 0) is 13.0 Å². The van der Waals surface area contributed by atoms with Crippen LogP contribution in [0.4, 0.5) is 0 Å². The second-order valence-electron chi connectivity index (χ2n) is 3.90. The second-order valence-corrected chi connectivity index (χ2v) is 3.90. The summed E-state index contributed by atoms with van der Waals surface area (Å²) >= 11 is 0. The average Bonchev–Trinajstić information content (AvgIpc) is 2.82. The lowest BCUT2D eigenvalue weighted by molar-refractivity contribution is 0.371. The molecule has 0 aromatic carbocycles. The zero-order valence-electron chi connectivity index (χ0n) is 9.90. The summed E-state index contributed by atoms with van der Waals surface area (Å²) < 4.78 is 7.15. The SMILES string of the molecule is CCCc1nc(Cn2cnc(C)c2C)no1. The van der Waals surface area contributed by atoms with E-state index >= 15 is 0 Å². The maximum Gasteiger partial charge on any atom is 0.226 e. The third-order valence-electron chi connectivity index (χ3n) is 2.63. The first kappa shape index (κ1) is 10.9. The van der Waals surface area contributed by atoms with Gasteiger partial charge in [0.1, 0.15) is 0 Å². The lowest BCUT2D eigenvalue weighted by Gasteiger charge is -2.00. The van der Waals surface area contributed by atoms with Crippen LogP contribution in [0.1, 0.15) is 36.4 Å². The van der Waals surface area contributed by atoms with Gasteiger partial charge in [0.05, 0.1) is 18.6 Å². The Bertz CT molecular complexity index is 472. The van der Waals surface area contributed by atoms with E-state index in [2.05, 4.69) is 22.0 Å². The number of imidazole rings is 1. The Morgan fingerprint density at radius 1 is 1.38 bits per heavy atom. The van der Waals surface area contributed by atoms with Crippen molar-refractivity contribution in [3.8, 4) is 0 Å². The Balaban J connectivity index is 2.11. The van der Waals surface area contributed by atoms with Gasteiger partial charge in [-0.1, -0.05) is 12.1 Å². The average molecular weight is 220 g/mol. The van der Waals surface area contributed by atoms with E-state index in [0.29, 0.717) is 18.3 Å². The Kier molecular flexibility index (Phi) is 3.03. The maximum atomic E-state index is 5.13. The van der Waals surface area contributed by atoms with Gasteiger partial charge in [0, 0.05) is 12.1 Å². The van der Waals surface area contributed by atoms with E-state index < -0.39 is 0 Å². The van der Waals surface area contributed by atoms with E-state index in [4.69, 9.17) is 4.52 Å². The van der Waals surface area contributed by atoms with Gasteiger partial charge in [0.15, 0.2) is 5.82 Å². The molecule has 5 nitrogen and oxygen atoms in total. The molecule has 16 heavy (non-hydrogen) atoms. The van der Waals surface area contributed by atoms with Gasteiger partial charge in [-0.05, 0) is 20.3 Å². The molecule has 2 rings (SSSR count). The Morgan fingerprint density at radius 2 is 2.19 bits per heavy atom. The van der Waals surface area contributed by atoms with Crippen LogP contribution in [0.5, 0.6) is 0 Å². The molecule has 0 amide bonds. The van der Waals surface area contributed by atoms with Crippen molar-refractivity contribution in [1.82, 2.24) is 19.7 Å². The lowest BCUT2D eigenvalue weighted by Crippen LogP contribution is -2.02. The predicted octanol–water partition coefficient (Wildman–Crippen LogP) is 1.88. The summed E-state index contributed by atoms with van der Waals surface area (Å²) in [5, 5.41) is 3.95. The van der Waals surface area contributed by atoms with Crippen LogP contribution in [0.2, 0.25) is 0 Å². The molecule has 0 N–H and O–H groups in total. The number of hydrogen-bond donors (Lipinski definition) is 0. The molecule has 0 unspecified atom stereocenters. The first-order valence-corrected chi connectivity index (χ1v) is 5.50. The fraction of sp³-hybridized carbons (Fsp3) is 0.545. The van der Waals surface area contributed by atoms with E-state index in [1.165, 1.54) is 0 Å². The Morgan fingerprint density at radius 3 is 2.81 bits per heavy atom. The van der Waals surface area contributed by atoms with E-state index in [1.807, 2.05) is 18.4 Å². The molecule has 2 aromatic rings. The fourth-order valence-corrected chi connectivity index (χ4v) is 1.53. The van der Waals surface area contributed by atoms with Crippen molar-refractivity contribution >= 4 is 0 Å². The quantitative estimate of drug-likeness (QED) is 0.789. The van der Waals surface area contributed by atoms with Crippen LogP contribution in [-0.4, -0.2) is 19.7 Å². The highest BCUT2D eigenvalue weighted by molar-refractivity contribution is 5.09. The summed E-state index contributed by atoms with van der Waals surface area (Å²) in [6, 6.07) is 0. The first-order chi connectivity index (χ1) is 7.70. The summed E-state index contributed by atoms with van der Waals surface area (Å²) in [4.78, 5) is 8.55. The summed E-state index contributed by atoms with van der Waals surface area (Å²) in [6.07, 6.45) is 3.67. The standard InChI is InChI=1S/C11H16N4O/c1-4-5-11-13-10(14-16-11)6-15-7-12-8(2)9(15)3/h7H,4-6H2,1-3H3. The van der Waals surface area contributed by atoms with Crippen molar-refractivity contribution in [3.63, 3.8) is 0 Å². The molecule has 0 radical (unpaired) electrons. The van der Waals surface area contributed by atoms with Crippen molar-refractivity contribution in [2.45, 2.75) is 40.2 Å². The van der Waals surface area contributed by atoms with Crippen LogP contribution in [0.3, 0.4) is 0 Å². The Hall–Kier alpha value is -1.65. The molecule has 0 aliphatic rings. The molecule has 5 heteroatoms. The summed E-state index contributed by atoms with van der Waals surface area (Å²) in [5.41, 5.74) is 2.18. The summed E-state index contributed by atoms with van der Waals surface area (Å²) in [5.74, 6) is 1.43. The van der Waals surface area contributed by atoms with Crippen LogP contribution in [0.15, 0.2) is 10.9 Å².